The molecule has 1 nitrogen and oxygen atoms in total. The molecule has 0 bridgehead atoms. The normalized spacial score (nSPS) is 10.4. The van der Waals surface area contributed by atoms with Crippen molar-refractivity contribution in [2.24, 2.45) is 0 Å². The highest BCUT2D eigenvalue weighted by atomic mass is 35.5. The quantitative estimate of drug-likeness (QED) is 0.788. The third kappa shape index (κ3) is 2.02. The van der Waals surface area contributed by atoms with Crippen LogP contribution in [0.25, 0.3) is 11.1 Å². The Morgan fingerprint density at radius 1 is 1.12 bits per heavy atom. The number of hydrogen-bond donors (Lipinski definition) is 1. The van der Waals surface area contributed by atoms with Crippen LogP contribution in [0.4, 0.5) is 4.39 Å². The van der Waals surface area contributed by atoms with Crippen LogP contribution in [0, 0.1) is 12.7 Å². The summed E-state index contributed by atoms with van der Waals surface area (Å²) < 4.78 is 12.9. The summed E-state index contributed by atoms with van der Waals surface area (Å²) in [6.45, 7) is 1.83. The minimum absolute atomic E-state index is 0.0465. The van der Waals surface area contributed by atoms with Crippen LogP contribution < -0.4 is 0 Å². The second kappa shape index (κ2) is 4.14. The van der Waals surface area contributed by atoms with Gasteiger partial charge in [-0.3, -0.25) is 0 Å². The second-order valence-electron chi connectivity index (χ2n) is 3.63. The number of halogens is 2. The third-order valence-electron chi connectivity index (χ3n) is 2.45. The number of aryl methyl sites for hydroxylation is 1. The first-order valence-electron chi connectivity index (χ1n) is 4.83. The van der Waals surface area contributed by atoms with Gasteiger partial charge >= 0.3 is 0 Å². The molecule has 0 saturated carbocycles. The summed E-state index contributed by atoms with van der Waals surface area (Å²) >= 11 is 5.82. The molecule has 16 heavy (non-hydrogen) atoms. The minimum atomic E-state index is -0.258. The van der Waals surface area contributed by atoms with Crippen LogP contribution >= 0.6 is 11.6 Å². The van der Waals surface area contributed by atoms with Crippen LogP contribution in [0.15, 0.2) is 36.4 Å². The van der Waals surface area contributed by atoms with Gasteiger partial charge in [-0.05, 0) is 47.9 Å². The Morgan fingerprint density at radius 3 is 2.50 bits per heavy atom. The van der Waals surface area contributed by atoms with Gasteiger partial charge in [-0.1, -0.05) is 23.7 Å². The summed E-state index contributed by atoms with van der Waals surface area (Å²) in [6.07, 6.45) is 0. The third-order valence-corrected chi connectivity index (χ3v) is 2.75. The van der Waals surface area contributed by atoms with E-state index in [4.69, 9.17) is 11.6 Å². The largest absolute Gasteiger partial charge is 0.506 e. The highest BCUT2D eigenvalue weighted by Crippen LogP contribution is 2.31. The predicted octanol–water partition coefficient (Wildman–Crippen LogP) is 4.16. The first-order chi connectivity index (χ1) is 7.58. The lowest BCUT2D eigenvalue weighted by Gasteiger charge is -2.07. The lowest BCUT2D eigenvalue weighted by atomic mass is 10.0. The van der Waals surface area contributed by atoms with Crippen molar-refractivity contribution in [2.75, 3.05) is 0 Å². The van der Waals surface area contributed by atoms with Gasteiger partial charge in [0.15, 0.2) is 0 Å². The van der Waals surface area contributed by atoms with Gasteiger partial charge in [0.1, 0.15) is 11.6 Å². The van der Waals surface area contributed by atoms with Crippen molar-refractivity contribution in [1.82, 2.24) is 0 Å². The molecule has 0 heterocycles. The maximum Gasteiger partial charge on any atom is 0.134 e. The van der Waals surface area contributed by atoms with Gasteiger partial charge in [-0.15, -0.1) is 0 Å². The lowest BCUT2D eigenvalue weighted by molar-refractivity contribution is 0.475. The van der Waals surface area contributed by atoms with E-state index in [1.54, 1.807) is 18.2 Å². The average Bonchev–Trinajstić information content (AvgIpc) is 2.22. The molecule has 0 aliphatic heterocycles. The van der Waals surface area contributed by atoms with Gasteiger partial charge in [0.2, 0.25) is 0 Å². The number of aromatic hydroxyl groups is 1. The van der Waals surface area contributed by atoms with Crippen molar-refractivity contribution >= 4 is 11.6 Å². The zero-order valence-corrected chi connectivity index (χ0v) is 9.42. The van der Waals surface area contributed by atoms with E-state index in [9.17, 15) is 9.50 Å². The van der Waals surface area contributed by atoms with Crippen molar-refractivity contribution < 1.29 is 9.50 Å². The molecule has 0 unspecified atom stereocenters. The molecule has 1 N–H and O–H groups in total. The van der Waals surface area contributed by atoms with Crippen LogP contribution in [0.5, 0.6) is 5.75 Å². The van der Waals surface area contributed by atoms with E-state index in [-0.39, 0.29) is 11.6 Å². The zero-order valence-electron chi connectivity index (χ0n) is 8.67. The number of benzene rings is 2. The Kier molecular flexibility index (Phi) is 2.84. The van der Waals surface area contributed by atoms with Gasteiger partial charge in [-0.2, -0.15) is 0 Å². The average molecular weight is 237 g/mol. The predicted molar refractivity (Wildman–Crippen MR) is 63.2 cm³/mol. The Hall–Kier alpha value is -1.54. The fourth-order valence-electron chi connectivity index (χ4n) is 1.63. The number of phenolic OH excluding ortho intramolecular Hbond substituents is 1. The second-order valence-corrected chi connectivity index (χ2v) is 4.03. The summed E-state index contributed by atoms with van der Waals surface area (Å²) in [5.41, 5.74) is 2.60. The molecule has 0 aliphatic carbocycles. The van der Waals surface area contributed by atoms with Gasteiger partial charge in [0.25, 0.3) is 0 Å². The molecule has 0 saturated heterocycles. The number of hydrogen-bond acceptors (Lipinski definition) is 1. The Morgan fingerprint density at radius 2 is 1.88 bits per heavy atom. The molecule has 2 rings (SSSR count). The van der Waals surface area contributed by atoms with Gasteiger partial charge in [0, 0.05) is 0 Å². The molecule has 2 aromatic carbocycles. The summed E-state index contributed by atoms with van der Waals surface area (Å²) in [5, 5.41) is 9.60. The van der Waals surface area contributed by atoms with E-state index in [0.29, 0.717) is 5.02 Å². The highest BCUT2D eigenvalue weighted by Gasteiger charge is 2.05. The summed E-state index contributed by atoms with van der Waals surface area (Å²) in [4.78, 5) is 0. The first-order valence-corrected chi connectivity index (χ1v) is 5.21. The minimum Gasteiger partial charge on any atom is -0.506 e. The number of phenols is 1. The zero-order chi connectivity index (χ0) is 11.7. The topological polar surface area (TPSA) is 20.2 Å². The van der Waals surface area contributed by atoms with Crippen molar-refractivity contribution in [3.63, 3.8) is 0 Å². The summed E-state index contributed by atoms with van der Waals surface area (Å²) in [7, 11) is 0. The molecule has 3 heteroatoms. The van der Waals surface area contributed by atoms with E-state index in [0.717, 1.165) is 16.7 Å². The molecule has 0 spiro atoms. The molecule has 82 valence electrons. The standard InChI is InChI=1S/C13H10ClFO/c1-8-6-10(15)3-4-11(8)9-2-5-13(16)12(14)7-9/h2-7,16H,1H3. The van der Waals surface area contributed by atoms with Crippen LogP contribution in [-0.4, -0.2) is 5.11 Å². The maximum atomic E-state index is 12.9. The molecule has 0 radical (unpaired) electrons. The highest BCUT2D eigenvalue weighted by molar-refractivity contribution is 6.32. The molecule has 0 atom stereocenters. The van der Waals surface area contributed by atoms with Crippen molar-refractivity contribution in [2.45, 2.75) is 6.92 Å². The van der Waals surface area contributed by atoms with Crippen LogP contribution in [0.2, 0.25) is 5.02 Å². The van der Waals surface area contributed by atoms with Gasteiger partial charge < -0.3 is 5.11 Å². The Bertz CT molecular complexity index is 537. The SMILES string of the molecule is Cc1cc(F)ccc1-c1ccc(O)c(Cl)c1. The van der Waals surface area contributed by atoms with Gasteiger partial charge in [-0.25, -0.2) is 4.39 Å². The molecule has 0 amide bonds. The van der Waals surface area contributed by atoms with Crippen LogP contribution in [0.3, 0.4) is 0 Å². The number of rotatable bonds is 1. The van der Waals surface area contributed by atoms with Crippen molar-refractivity contribution in [1.29, 1.82) is 0 Å². The maximum absolute atomic E-state index is 12.9. The monoisotopic (exact) mass is 236 g/mol. The Labute approximate surface area is 98.1 Å². The smallest absolute Gasteiger partial charge is 0.134 e. The van der Waals surface area contributed by atoms with E-state index in [1.165, 1.54) is 18.2 Å². The fraction of sp³-hybridized carbons (Fsp3) is 0.0769. The van der Waals surface area contributed by atoms with E-state index < -0.39 is 0 Å². The Balaban J connectivity index is 2.54. The summed E-state index contributed by atoms with van der Waals surface area (Å²) in [6, 6.07) is 9.52. The van der Waals surface area contributed by atoms with Crippen molar-refractivity contribution in [3.8, 4) is 16.9 Å². The van der Waals surface area contributed by atoms with Crippen LogP contribution in [0.1, 0.15) is 5.56 Å². The molecule has 2 aromatic rings. The lowest BCUT2D eigenvalue weighted by Crippen LogP contribution is -1.85. The van der Waals surface area contributed by atoms with E-state index in [1.807, 2.05) is 6.92 Å². The van der Waals surface area contributed by atoms with Crippen LogP contribution in [-0.2, 0) is 0 Å². The van der Waals surface area contributed by atoms with E-state index >= 15 is 0 Å². The van der Waals surface area contributed by atoms with E-state index in [2.05, 4.69) is 0 Å². The molecular weight excluding hydrogens is 227 g/mol. The molecule has 0 aromatic heterocycles. The molecule has 0 fully saturated rings. The van der Waals surface area contributed by atoms with Gasteiger partial charge in [0.05, 0.1) is 5.02 Å². The molecular formula is C13H10ClFO. The molecule has 0 aliphatic rings. The van der Waals surface area contributed by atoms with Crippen molar-refractivity contribution in [3.05, 3.63) is 52.8 Å². The summed E-state index contributed by atoms with van der Waals surface area (Å²) in [5.74, 6) is -0.212. The fourth-order valence-corrected chi connectivity index (χ4v) is 1.81. The first kappa shape index (κ1) is 11.0.